The highest BCUT2D eigenvalue weighted by Crippen LogP contribution is 2.23. The normalized spacial score (nSPS) is 12.2. The number of halogens is 1. The molecule has 118 valence electrons. The Labute approximate surface area is 129 Å². The second-order valence-corrected chi connectivity index (χ2v) is 7.91. The molecule has 2 aromatic heterocycles. The number of anilines is 1. The van der Waals surface area contributed by atoms with E-state index in [4.69, 9.17) is 0 Å². The van der Waals surface area contributed by atoms with Crippen molar-refractivity contribution in [2.45, 2.75) is 31.1 Å². The first-order valence-electron chi connectivity index (χ1n) is 6.69. The maximum Gasteiger partial charge on any atom is 0.266 e. The molecule has 2 aromatic rings. The number of nitrogens with zero attached hydrogens (tertiary/aromatic N) is 3. The minimum atomic E-state index is -3.78. The van der Waals surface area contributed by atoms with Gasteiger partial charge in [-0.1, -0.05) is 20.8 Å². The summed E-state index contributed by atoms with van der Waals surface area (Å²) >= 11 is 0. The average Bonchev–Trinajstić information content (AvgIpc) is 2.46. The maximum absolute atomic E-state index is 12.9. The summed E-state index contributed by atoms with van der Waals surface area (Å²) in [4.78, 5) is 8.06. The highest BCUT2D eigenvalue weighted by atomic mass is 32.2. The summed E-state index contributed by atoms with van der Waals surface area (Å²) in [6, 6.07) is 5.68. The van der Waals surface area contributed by atoms with E-state index in [0.29, 0.717) is 0 Å². The van der Waals surface area contributed by atoms with Gasteiger partial charge in [-0.3, -0.25) is 9.29 Å². The molecule has 0 aliphatic rings. The predicted octanol–water partition coefficient (Wildman–Crippen LogP) is 2.74. The Morgan fingerprint density at radius 1 is 1.05 bits per heavy atom. The van der Waals surface area contributed by atoms with Crippen molar-refractivity contribution in [1.82, 2.24) is 9.97 Å². The highest BCUT2D eigenvalue weighted by Gasteiger charge is 2.24. The van der Waals surface area contributed by atoms with Gasteiger partial charge in [0.25, 0.3) is 10.0 Å². The SMILES string of the molecule is CN(c1ccc(F)cn1)S(=O)(=O)c1ccc(C(C)(C)C)nc1. The molecule has 5 nitrogen and oxygen atoms in total. The van der Waals surface area contributed by atoms with Crippen LogP contribution < -0.4 is 4.31 Å². The van der Waals surface area contributed by atoms with E-state index in [9.17, 15) is 12.8 Å². The van der Waals surface area contributed by atoms with Crippen molar-refractivity contribution >= 4 is 15.8 Å². The third kappa shape index (κ3) is 3.24. The number of sulfonamides is 1. The van der Waals surface area contributed by atoms with Gasteiger partial charge in [-0.25, -0.2) is 17.8 Å². The highest BCUT2D eigenvalue weighted by molar-refractivity contribution is 7.92. The number of hydrogen-bond acceptors (Lipinski definition) is 4. The molecule has 0 aromatic carbocycles. The van der Waals surface area contributed by atoms with Crippen molar-refractivity contribution in [2.75, 3.05) is 11.4 Å². The van der Waals surface area contributed by atoms with Gasteiger partial charge in [0.2, 0.25) is 0 Å². The molecule has 0 aliphatic carbocycles. The van der Waals surface area contributed by atoms with Gasteiger partial charge in [-0.15, -0.1) is 0 Å². The van der Waals surface area contributed by atoms with Gasteiger partial charge in [0.15, 0.2) is 0 Å². The zero-order valence-electron chi connectivity index (χ0n) is 12.9. The largest absolute Gasteiger partial charge is 0.266 e. The zero-order chi connectivity index (χ0) is 16.5. The predicted molar refractivity (Wildman–Crippen MR) is 82.7 cm³/mol. The zero-order valence-corrected chi connectivity index (χ0v) is 13.7. The smallest absolute Gasteiger partial charge is 0.259 e. The first kappa shape index (κ1) is 16.4. The first-order valence-corrected chi connectivity index (χ1v) is 8.13. The molecule has 0 fully saturated rings. The quantitative estimate of drug-likeness (QED) is 0.871. The standard InChI is InChI=1S/C15H18FN3O2S/c1-15(2,3)13-7-6-12(10-17-13)22(20,21)19(4)14-8-5-11(16)9-18-14/h5-10H,1-4H3. The van der Waals surface area contributed by atoms with Crippen molar-refractivity contribution in [3.8, 4) is 0 Å². The third-order valence-corrected chi connectivity index (χ3v) is 4.94. The van der Waals surface area contributed by atoms with Crippen LogP contribution in [0.3, 0.4) is 0 Å². The Hall–Kier alpha value is -2.02. The molecule has 0 saturated heterocycles. The first-order chi connectivity index (χ1) is 10.1. The summed E-state index contributed by atoms with van der Waals surface area (Å²) in [5.41, 5.74) is 0.640. The van der Waals surface area contributed by atoms with Gasteiger partial charge in [0, 0.05) is 24.4 Å². The van der Waals surface area contributed by atoms with Crippen molar-refractivity contribution in [2.24, 2.45) is 0 Å². The summed E-state index contributed by atoms with van der Waals surface area (Å²) in [5, 5.41) is 0. The third-order valence-electron chi connectivity index (χ3n) is 3.20. The molecule has 0 aliphatic heterocycles. The van der Waals surface area contributed by atoms with Crippen LogP contribution in [0, 0.1) is 5.82 Å². The van der Waals surface area contributed by atoms with E-state index in [1.54, 1.807) is 6.07 Å². The fourth-order valence-corrected chi connectivity index (χ4v) is 2.91. The van der Waals surface area contributed by atoms with E-state index >= 15 is 0 Å². The number of pyridine rings is 2. The van der Waals surface area contributed by atoms with Gasteiger partial charge >= 0.3 is 0 Å². The molecule has 0 atom stereocenters. The van der Waals surface area contributed by atoms with Crippen LogP contribution in [0.2, 0.25) is 0 Å². The summed E-state index contributed by atoms with van der Waals surface area (Å²) in [5.74, 6) is -0.382. The monoisotopic (exact) mass is 323 g/mol. The summed E-state index contributed by atoms with van der Waals surface area (Å²) in [6.45, 7) is 5.99. The Bertz CT molecular complexity index is 751. The van der Waals surface area contributed by atoms with E-state index in [-0.39, 0.29) is 16.1 Å². The Balaban J connectivity index is 2.35. The minimum Gasteiger partial charge on any atom is -0.259 e. The molecule has 0 bridgehead atoms. The lowest BCUT2D eigenvalue weighted by Crippen LogP contribution is -2.27. The lowest BCUT2D eigenvalue weighted by Gasteiger charge is -2.20. The Morgan fingerprint density at radius 2 is 1.73 bits per heavy atom. The van der Waals surface area contributed by atoms with Crippen LogP contribution >= 0.6 is 0 Å². The molecule has 0 saturated carbocycles. The van der Waals surface area contributed by atoms with Gasteiger partial charge in [0.05, 0.1) is 6.20 Å². The van der Waals surface area contributed by atoms with Gasteiger partial charge in [0.1, 0.15) is 16.5 Å². The van der Waals surface area contributed by atoms with E-state index in [1.807, 2.05) is 20.8 Å². The second-order valence-electron chi connectivity index (χ2n) is 5.94. The van der Waals surface area contributed by atoms with E-state index in [1.165, 1.54) is 25.4 Å². The Morgan fingerprint density at radius 3 is 2.18 bits per heavy atom. The molecule has 0 amide bonds. The summed E-state index contributed by atoms with van der Waals surface area (Å²) in [6.07, 6.45) is 2.30. The molecule has 0 N–H and O–H groups in total. The van der Waals surface area contributed by atoms with Crippen LogP contribution in [0.25, 0.3) is 0 Å². The van der Waals surface area contributed by atoms with Gasteiger partial charge in [-0.05, 0) is 24.3 Å². The van der Waals surface area contributed by atoms with Gasteiger partial charge < -0.3 is 0 Å². The van der Waals surface area contributed by atoms with Crippen molar-refractivity contribution in [1.29, 1.82) is 0 Å². The molecule has 7 heteroatoms. The van der Waals surface area contributed by atoms with Gasteiger partial charge in [-0.2, -0.15) is 0 Å². The number of hydrogen-bond donors (Lipinski definition) is 0. The lowest BCUT2D eigenvalue weighted by molar-refractivity contribution is 0.565. The summed E-state index contributed by atoms with van der Waals surface area (Å²) < 4.78 is 38.9. The van der Waals surface area contributed by atoms with E-state index in [0.717, 1.165) is 22.3 Å². The molecule has 22 heavy (non-hydrogen) atoms. The van der Waals surface area contributed by atoms with Crippen molar-refractivity contribution in [3.63, 3.8) is 0 Å². The van der Waals surface area contributed by atoms with Crippen molar-refractivity contribution in [3.05, 3.63) is 48.2 Å². The van der Waals surface area contributed by atoms with Crippen LogP contribution in [-0.4, -0.2) is 25.4 Å². The molecule has 0 unspecified atom stereocenters. The van der Waals surface area contributed by atoms with E-state index in [2.05, 4.69) is 9.97 Å². The van der Waals surface area contributed by atoms with Crippen LogP contribution in [0.15, 0.2) is 41.6 Å². The molecule has 2 rings (SSSR count). The maximum atomic E-state index is 12.9. The van der Waals surface area contributed by atoms with Crippen molar-refractivity contribution < 1.29 is 12.8 Å². The summed E-state index contributed by atoms with van der Waals surface area (Å²) in [7, 11) is -2.41. The Kier molecular flexibility index (Phi) is 4.19. The fraction of sp³-hybridized carbons (Fsp3) is 0.333. The molecule has 2 heterocycles. The second kappa shape index (κ2) is 5.64. The van der Waals surface area contributed by atoms with Crippen LogP contribution in [0.5, 0.6) is 0 Å². The minimum absolute atomic E-state index is 0.0640. The number of aromatic nitrogens is 2. The molecule has 0 radical (unpaired) electrons. The van der Waals surface area contributed by atoms with E-state index < -0.39 is 15.8 Å². The lowest BCUT2D eigenvalue weighted by atomic mass is 9.92. The topological polar surface area (TPSA) is 63.2 Å². The average molecular weight is 323 g/mol. The molecular weight excluding hydrogens is 305 g/mol. The van der Waals surface area contributed by atoms with Crippen LogP contribution in [-0.2, 0) is 15.4 Å². The molecule has 0 spiro atoms. The number of rotatable bonds is 3. The molecular formula is C15H18FN3O2S. The van der Waals surface area contributed by atoms with Crippen LogP contribution in [0.4, 0.5) is 10.2 Å². The fourth-order valence-electron chi connectivity index (χ4n) is 1.81. The van der Waals surface area contributed by atoms with Crippen LogP contribution in [0.1, 0.15) is 26.5 Å².